The van der Waals surface area contributed by atoms with E-state index in [0.29, 0.717) is 43.6 Å². The zero-order valence-corrected chi connectivity index (χ0v) is 22.9. The van der Waals surface area contributed by atoms with Crippen LogP contribution in [0, 0.1) is 22.7 Å². The Kier molecular flexibility index (Phi) is 7.34. The van der Waals surface area contributed by atoms with Crippen LogP contribution in [-0.2, 0) is 13.0 Å². The summed E-state index contributed by atoms with van der Waals surface area (Å²) in [6, 6.07) is 16.8. The molecule has 2 fully saturated rings. The number of hydrogen-bond donors (Lipinski definition) is 2. The maximum atomic E-state index is 10.5. The number of nitriles is 2. The van der Waals surface area contributed by atoms with Crippen molar-refractivity contribution in [2.45, 2.75) is 44.3 Å². The number of aromatic nitrogens is 1. The summed E-state index contributed by atoms with van der Waals surface area (Å²) in [5.41, 5.74) is 3.48. The van der Waals surface area contributed by atoms with Gasteiger partial charge in [0.2, 0.25) is 5.88 Å². The second-order valence-electron chi connectivity index (χ2n) is 11.1. The Morgan fingerprint density at radius 3 is 2.80 bits per heavy atom. The summed E-state index contributed by atoms with van der Waals surface area (Å²) in [5, 5.41) is 35.7. The lowest BCUT2D eigenvalue weighted by molar-refractivity contribution is 0.192. The van der Waals surface area contributed by atoms with Crippen molar-refractivity contribution in [3.8, 4) is 23.8 Å². The van der Waals surface area contributed by atoms with E-state index in [0.717, 1.165) is 78.8 Å². The molecule has 2 saturated heterocycles. The first-order valence-corrected chi connectivity index (χ1v) is 14.2. The van der Waals surface area contributed by atoms with Crippen LogP contribution >= 0.6 is 0 Å². The Morgan fingerprint density at radius 2 is 2.00 bits per heavy atom. The van der Waals surface area contributed by atoms with Crippen LogP contribution in [0.15, 0.2) is 36.4 Å². The van der Waals surface area contributed by atoms with Gasteiger partial charge in [0.1, 0.15) is 29.8 Å². The van der Waals surface area contributed by atoms with Crippen LogP contribution in [0.4, 0.5) is 11.5 Å². The normalized spacial score (nSPS) is 21.2. The summed E-state index contributed by atoms with van der Waals surface area (Å²) in [5.74, 6) is 1.49. The molecule has 3 aliphatic rings. The van der Waals surface area contributed by atoms with Gasteiger partial charge < -0.3 is 29.9 Å². The molecule has 2 aromatic carbocycles. The smallest absolute Gasteiger partial charge is 0.234 e. The van der Waals surface area contributed by atoms with E-state index in [9.17, 15) is 15.6 Å². The lowest BCUT2D eigenvalue weighted by atomic mass is 9.94. The maximum absolute atomic E-state index is 10.5. The summed E-state index contributed by atoms with van der Waals surface area (Å²) in [4.78, 5) is 11.8. The SMILES string of the molecule is CN1CCC[C@H]1COc1nc(N2CCNC(CC#N)C2)c2c(c1C#N)CN(c1cc(O)cc3ccccc13)CC2. The molecule has 2 atom stereocenters. The van der Waals surface area contributed by atoms with Crippen molar-refractivity contribution >= 4 is 22.3 Å². The largest absolute Gasteiger partial charge is 0.508 e. The number of phenols is 1. The number of benzene rings is 2. The number of anilines is 2. The highest BCUT2D eigenvalue weighted by atomic mass is 16.5. The van der Waals surface area contributed by atoms with Crippen molar-refractivity contribution in [1.29, 1.82) is 10.5 Å². The van der Waals surface area contributed by atoms with Gasteiger partial charge >= 0.3 is 0 Å². The number of pyridine rings is 1. The number of aromatic hydroxyl groups is 1. The van der Waals surface area contributed by atoms with Crippen LogP contribution in [0.3, 0.4) is 0 Å². The molecular weight excluding hydrogens is 502 g/mol. The molecule has 2 N–H and O–H groups in total. The van der Waals surface area contributed by atoms with Crippen molar-refractivity contribution in [3.05, 3.63) is 53.1 Å². The van der Waals surface area contributed by atoms with Crippen molar-refractivity contribution < 1.29 is 9.84 Å². The number of phenolic OH excluding ortho intramolecular Hbond substituents is 1. The van der Waals surface area contributed by atoms with E-state index < -0.39 is 0 Å². The third-order valence-corrected chi connectivity index (χ3v) is 8.59. The number of fused-ring (bicyclic) bond motifs is 2. The number of hydrogen-bond acceptors (Lipinski definition) is 9. The van der Waals surface area contributed by atoms with Gasteiger partial charge in [-0.3, -0.25) is 0 Å². The van der Waals surface area contributed by atoms with Gasteiger partial charge in [-0.15, -0.1) is 0 Å². The van der Waals surface area contributed by atoms with Gasteiger partial charge in [0.05, 0.1) is 12.5 Å². The molecule has 6 rings (SSSR count). The number of ether oxygens (including phenoxy) is 1. The number of rotatable bonds is 6. The van der Waals surface area contributed by atoms with Gasteiger partial charge in [0, 0.05) is 73.1 Å². The number of nitrogens with zero attached hydrogens (tertiary/aromatic N) is 6. The van der Waals surface area contributed by atoms with Gasteiger partial charge in [-0.25, -0.2) is 0 Å². The molecule has 0 aliphatic carbocycles. The Balaban J connectivity index is 1.41. The number of likely N-dealkylation sites (N-methyl/N-ethyl adjacent to an activating group) is 1. The number of likely N-dealkylation sites (tertiary alicyclic amines) is 1. The molecule has 0 radical (unpaired) electrons. The predicted molar refractivity (Wildman–Crippen MR) is 155 cm³/mol. The minimum Gasteiger partial charge on any atom is -0.508 e. The molecule has 1 unspecified atom stereocenters. The molecule has 0 saturated carbocycles. The van der Waals surface area contributed by atoms with E-state index in [1.54, 1.807) is 6.07 Å². The van der Waals surface area contributed by atoms with Crippen LogP contribution in [0.5, 0.6) is 11.6 Å². The second-order valence-corrected chi connectivity index (χ2v) is 11.1. The van der Waals surface area contributed by atoms with Crippen LogP contribution < -0.4 is 19.9 Å². The summed E-state index contributed by atoms with van der Waals surface area (Å²) < 4.78 is 6.36. The summed E-state index contributed by atoms with van der Waals surface area (Å²) in [6.07, 6.45) is 3.37. The van der Waals surface area contributed by atoms with E-state index in [1.165, 1.54) is 0 Å². The van der Waals surface area contributed by atoms with Crippen LogP contribution in [0.25, 0.3) is 10.8 Å². The van der Waals surface area contributed by atoms with Gasteiger partial charge in [0.25, 0.3) is 0 Å². The number of piperazine rings is 1. The van der Waals surface area contributed by atoms with E-state index in [-0.39, 0.29) is 11.8 Å². The molecule has 3 aromatic rings. The molecular formula is C31H35N7O2. The summed E-state index contributed by atoms with van der Waals surface area (Å²) >= 11 is 0. The topological polar surface area (TPSA) is 112 Å². The molecule has 0 amide bonds. The minimum atomic E-state index is 0.0714. The van der Waals surface area contributed by atoms with Crippen LogP contribution in [0.1, 0.15) is 36.0 Å². The lowest BCUT2D eigenvalue weighted by Crippen LogP contribution is -2.51. The Bertz CT molecular complexity index is 1490. The lowest BCUT2D eigenvalue weighted by Gasteiger charge is -2.38. The van der Waals surface area contributed by atoms with E-state index >= 15 is 0 Å². The third kappa shape index (κ3) is 4.99. The molecule has 9 heteroatoms. The average Bonchev–Trinajstić information content (AvgIpc) is 3.39. The fourth-order valence-electron chi connectivity index (χ4n) is 6.44. The maximum Gasteiger partial charge on any atom is 0.234 e. The molecule has 40 heavy (non-hydrogen) atoms. The van der Waals surface area contributed by atoms with E-state index in [2.05, 4.69) is 45.3 Å². The average molecular weight is 538 g/mol. The Labute approximate surface area is 235 Å². The fraction of sp³-hybridized carbons (Fsp3) is 0.452. The highest BCUT2D eigenvalue weighted by molar-refractivity contribution is 5.95. The van der Waals surface area contributed by atoms with Gasteiger partial charge in [-0.05, 0) is 44.3 Å². The van der Waals surface area contributed by atoms with Crippen molar-refractivity contribution in [2.24, 2.45) is 0 Å². The predicted octanol–water partition coefficient (Wildman–Crippen LogP) is 3.54. The third-order valence-electron chi connectivity index (χ3n) is 8.59. The van der Waals surface area contributed by atoms with Crippen molar-refractivity contribution in [1.82, 2.24) is 15.2 Å². The highest BCUT2D eigenvalue weighted by Crippen LogP contribution is 2.39. The molecule has 3 aliphatic heterocycles. The standard InChI is InChI=1S/C31H35N7O2/c1-36-12-4-6-23(36)20-40-31-27(17-33)28-19-37(29-16-24(39)15-21-5-2-3-7-25(21)29)13-9-26(28)30(35-31)38-14-11-34-22(18-38)8-10-32/h2-3,5,7,15-16,22-23,34,39H,4,6,8-9,11-14,18-20H2,1H3/t22?,23-/m0/s1. The highest BCUT2D eigenvalue weighted by Gasteiger charge is 2.32. The summed E-state index contributed by atoms with van der Waals surface area (Å²) in [6.45, 7) is 5.04. The molecule has 0 spiro atoms. The van der Waals surface area contributed by atoms with E-state index in [1.807, 2.05) is 24.3 Å². The number of nitrogens with one attached hydrogen (secondary N) is 1. The Hall–Kier alpha value is -4.05. The zero-order valence-electron chi connectivity index (χ0n) is 22.9. The monoisotopic (exact) mass is 537 g/mol. The second kappa shape index (κ2) is 11.2. The molecule has 9 nitrogen and oxygen atoms in total. The first-order chi connectivity index (χ1) is 19.6. The minimum absolute atomic E-state index is 0.0714. The molecule has 0 bridgehead atoms. The van der Waals surface area contributed by atoms with Gasteiger partial charge in [-0.2, -0.15) is 15.5 Å². The van der Waals surface area contributed by atoms with Crippen molar-refractivity contribution in [2.75, 3.05) is 56.2 Å². The Morgan fingerprint density at radius 1 is 1.12 bits per heavy atom. The zero-order chi connectivity index (χ0) is 27.6. The van der Waals surface area contributed by atoms with Crippen molar-refractivity contribution in [3.63, 3.8) is 0 Å². The van der Waals surface area contributed by atoms with Gasteiger partial charge in [0.15, 0.2) is 0 Å². The van der Waals surface area contributed by atoms with Crippen LogP contribution in [0.2, 0.25) is 0 Å². The molecule has 1 aromatic heterocycles. The summed E-state index contributed by atoms with van der Waals surface area (Å²) in [7, 11) is 2.12. The quantitative estimate of drug-likeness (QED) is 0.488. The van der Waals surface area contributed by atoms with E-state index in [4.69, 9.17) is 9.72 Å². The van der Waals surface area contributed by atoms with Crippen LogP contribution in [-0.4, -0.2) is 73.5 Å². The fourth-order valence-corrected chi connectivity index (χ4v) is 6.44. The molecule has 206 valence electrons. The van der Waals surface area contributed by atoms with Gasteiger partial charge in [-0.1, -0.05) is 24.3 Å². The molecule has 4 heterocycles. The first-order valence-electron chi connectivity index (χ1n) is 14.2. The first kappa shape index (κ1) is 26.2.